The third-order valence-corrected chi connectivity index (χ3v) is 4.93. The minimum Gasteiger partial charge on any atom is -0.346 e. The van der Waals surface area contributed by atoms with E-state index in [0.29, 0.717) is 12.5 Å². The lowest BCUT2D eigenvalue weighted by molar-refractivity contribution is 0.452. The summed E-state index contributed by atoms with van der Waals surface area (Å²) in [6, 6.07) is 4.86. The molecule has 2 unspecified atom stereocenters. The zero-order chi connectivity index (χ0) is 14.9. The van der Waals surface area contributed by atoms with Gasteiger partial charge >= 0.3 is 0 Å². The van der Waals surface area contributed by atoms with E-state index in [2.05, 4.69) is 31.7 Å². The van der Waals surface area contributed by atoms with E-state index in [9.17, 15) is 0 Å². The minimum atomic E-state index is 0.526. The Hall–Kier alpha value is -2.35. The molecule has 3 aromatic rings. The molecule has 1 saturated carbocycles. The van der Waals surface area contributed by atoms with Crippen molar-refractivity contribution in [2.24, 2.45) is 5.92 Å². The van der Waals surface area contributed by atoms with Gasteiger partial charge in [-0.05, 0) is 44.1 Å². The molecule has 3 aromatic heterocycles. The van der Waals surface area contributed by atoms with Gasteiger partial charge in [0, 0.05) is 24.0 Å². The predicted octanol–water partition coefficient (Wildman–Crippen LogP) is 3.95. The Morgan fingerprint density at radius 3 is 3.23 bits per heavy atom. The molecule has 4 rings (SSSR count). The lowest BCUT2D eigenvalue weighted by Gasteiger charge is -2.14. The molecule has 22 heavy (non-hydrogen) atoms. The molecule has 1 fully saturated rings. The van der Waals surface area contributed by atoms with E-state index in [0.717, 1.165) is 28.9 Å². The molecule has 2 atom stereocenters. The molecule has 1 aliphatic rings. The highest BCUT2D eigenvalue weighted by Crippen LogP contribution is 2.39. The van der Waals surface area contributed by atoms with Gasteiger partial charge in [-0.15, -0.1) is 0 Å². The smallest absolute Gasteiger partial charge is 0.139 e. The molecular formula is C17H19N5. The number of hydrogen-bond acceptors (Lipinski definition) is 3. The average Bonchev–Trinajstić information content (AvgIpc) is 3.25. The number of hydrogen-bond donors (Lipinski definition) is 1. The summed E-state index contributed by atoms with van der Waals surface area (Å²) in [6.07, 6.45) is 12.3. The molecule has 5 heteroatoms. The van der Waals surface area contributed by atoms with Gasteiger partial charge in [0.15, 0.2) is 0 Å². The first-order valence-corrected chi connectivity index (χ1v) is 8.02. The predicted molar refractivity (Wildman–Crippen MR) is 85.2 cm³/mol. The van der Waals surface area contributed by atoms with E-state index < -0.39 is 0 Å². The first kappa shape index (κ1) is 13.3. The summed E-state index contributed by atoms with van der Waals surface area (Å²) in [7, 11) is 0. The molecule has 0 bridgehead atoms. The number of nitriles is 1. The number of pyridine rings is 1. The molecule has 0 aromatic carbocycles. The molecular weight excluding hydrogens is 274 g/mol. The molecule has 1 N–H and O–H groups in total. The van der Waals surface area contributed by atoms with Crippen LogP contribution in [0, 0.1) is 17.2 Å². The van der Waals surface area contributed by atoms with E-state index >= 15 is 0 Å². The van der Waals surface area contributed by atoms with Crippen molar-refractivity contribution in [2.45, 2.75) is 44.6 Å². The van der Waals surface area contributed by atoms with E-state index in [4.69, 9.17) is 5.26 Å². The maximum Gasteiger partial charge on any atom is 0.139 e. The van der Waals surface area contributed by atoms with Crippen molar-refractivity contribution in [3.8, 4) is 6.07 Å². The second-order valence-corrected chi connectivity index (χ2v) is 6.27. The van der Waals surface area contributed by atoms with Crippen molar-refractivity contribution >= 4 is 22.1 Å². The number of aromatic amines is 1. The highest BCUT2D eigenvalue weighted by atomic mass is 15.1. The Bertz CT molecular complexity index is 838. The summed E-state index contributed by atoms with van der Waals surface area (Å²) in [5, 5.41) is 9.83. The van der Waals surface area contributed by atoms with Crippen LogP contribution in [0.5, 0.6) is 0 Å². The van der Waals surface area contributed by atoms with E-state index in [1.165, 1.54) is 31.2 Å². The van der Waals surface area contributed by atoms with Crippen LogP contribution < -0.4 is 0 Å². The van der Waals surface area contributed by atoms with E-state index in [1.807, 2.05) is 18.7 Å². The quantitative estimate of drug-likeness (QED) is 0.740. The van der Waals surface area contributed by atoms with Crippen molar-refractivity contribution in [1.29, 1.82) is 5.26 Å². The first-order valence-electron chi connectivity index (χ1n) is 8.02. The number of aromatic nitrogens is 4. The molecule has 0 radical (unpaired) electrons. The van der Waals surface area contributed by atoms with Crippen LogP contribution in [0.3, 0.4) is 0 Å². The largest absolute Gasteiger partial charge is 0.346 e. The molecule has 5 nitrogen and oxygen atoms in total. The molecule has 0 spiro atoms. The van der Waals surface area contributed by atoms with Gasteiger partial charge in [0.1, 0.15) is 11.2 Å². The second kappa shape index (κ2) is 5.45. The van der Waals surface area contributed by atoms with Crippen molar-refractivity contribution in [3.63, 3.8) is 0 Å². The highest BCUT2D eigenvalue weighted by molar-refractivity contribution is 6.00. The van der Waals surface area contributed by atoms with Gasteiger partial charge in [-0.25, -0.2) is 9.97 Å². The molecule has 1 aliphatic carbocycles. The van der Waals surface area contributed by atoms with Gasteiger partial charge < -0.3 is 9.55 Å². The highest BCUT2D eigenvalue weighted by Gasteiger charge is 2.27. The van der Waals surface area contributed by atoms with Crippen molar-refractivity contribution in [1.82, 2.24) is 19.5 Å². The summed E-state index contributed by atoms with van der Waals surface area (Å²) < 4.78 is 2.34. The zero-order valence-corrected chi connectivity index (χ0v) is 12.5. The van der Waals surface area contributed by atoms with E-state index in [-0.39, 0.29) is 0 Å². The van der Waals surface area contributed by atoms with Crippen LogP contribution in [0.25, 0.3) is 22.1 Å². The number of nitrogens with one attached hydrogen (secondary N) is 1. The van der Waals surface area contributed by atoms with Crippen LogP contribution in [0.4, 0.5) is 0 Å². The SMILES string of the molecule is N#CCCCC1CCC(n2cnc3cnc4[nH]ccc4c32)C1. The number of fused-ring (bicyclic) bond motifs is 3. The zero-order valence-electron chi connectivity index (χ0n) is 12.5. The molecule has 0 aliphatic heterocycles. The van der Waals surface area contributed by atoms with Crippen molar-refractivity contribution in [3.05, 3.63) is 24.8 Å². The Labute approximate surface area is 129 Å². The summed E-state index contributed by atoms with van der Waals surface area (Å²) in [4.78, 5) is 12.1. The topological polar surface area (TPSA) is 70.3 Å². The monoisotopic (exact) mass is 293 g/mol. The summed E-state index contributed by atoms with van der Waals surface area (Å²) in [5.74, 6) is 0.749. The van der Waals surface area contributed by atoms with Gasteiger partial charge in [-0.2, -0.15) is 5.26 Å². The van der Waals surface area contributed by atoms with Gasteiger partial charge in [-0.3, -0.25) is 0 Å². The van der Waals surface area contributed by atoms with Crippen LogP contribution in [0.2, 0.25) is 0 Å². The van der Waals surface area contributed by atoms with Crippen LogP contribution in [0.15, 0.2) is 24.8 Å². The fraction of sp³-hybridized carbons (Fsp3) is 0.471. The maximum atomic E-state index is 8.67. The first-order chi connectivity index (χ1) is 10.9. The maximum absolute atomic E-state index is 8.67. The Kier molecular flexibility index (Phi) is 3.30. The normalized spacial score (nSPS) is 21.6. The number of rotatable bonds is 4. The number of unbranched alkanes of at least 4 members (excludes halogenated alkanes) is 1. The Balaban J connectivity index is 1.62. The molecule has 0 saturated heterocycles. The Morgan fingerprint density at radius 1 is 1.36 bits per heavy atom. The fourth-order valence-electron chi connectivity index (χ4n) is 3.84. The van der Waals surface area contributed by atoms with Crippen molar-refractivity contribution < 1.29 is 0 Å². The third kappa shape index (κ3) is 2.16. The van der Waals surface area contributed by atoms with Crippen LogP contribution in [0.1, 0.15) is 44.6 Å². The van der Waals surface area contributed by atoms with Crippen LogP contribution >= 0.6 is 0 Å². The number of nitrogens with zero attached hydrogens (tertiary/aromatic N) is 4. The average molecular weight is 293 g/mol. The fourth-order valence-corrected chi connectivity index (χ4v) is 3.84. The second-order valence-electron chi connectivity index (χ2n) is 6.27. The van der Waals surface area contributed by atoms with Gasteiger partial charge in [-0.1, -0.05) is 0 Å². The van der Waals surface area contributed by atoms with Crippen molar-refractivity contribution in [2.75, 3.05) is 0 Å². The van der Waals surface area contributed by atoms with Crippen LogP contribution in [-0.2, 0) is 0 Å². The Morgan fingerprint density at radius 2 is 2.32 bits per heavy atom. The molecule has 112 valence electrons. The molecule has 3 heterocycles. The lowest BCUT2D eigenvalue weighted by Crippen LogP contribution is -2.04. The summed E-state index contributed by atoms with van der Waals surface area (Å²) in [5.41, 5.74) is 3.10. The molecule has 0 amide bonds. The van der Waals surface area contributed by atoms with Gasteiger partial charge in [0.05, 0.1) is 24.1 Å². The van der Waals surface area contributed by atoms with Gasteiger partial charge in [0.2, 0.25) is 0 Å². The standard InChI is InChI=1S/C17H19N5/c18-7-2-1-3-12-4-5-13(9-12)22-11-21-15-10-20-17-14(16(15)22)6-8-19-17/h6,8,10-13H,1-5,9H2,(H,19,20). The third-order valence-electron chi connectivity index (χ3n) is 4.93. The van der Waals surface area contributed by atoms with E-state index in [1.54, 1.807) is 0 Å². The number of H-pyrrole nitrogens is 1. The minimum absolute atomic E-state index is 0.526. The number of imidazole rings is 1. The summed E-state index contributed by atoms with van der Waals surface area (Å²) in [6.45, 7) is 0. The summed E-state index contributed by atoms with van der Waals surface area (Å²) >= 11 is 0. The lowest BCUT2D eigenvalue weighted by atomic mass is 10.0. The van der Waals surface area contributed by atoms with Gasteiger partial charge in [0.25, 0.3) is 0 Å². The van der Waals surface area contributed by atoms with Crippen LogP contribution in [-0.4, -0.2) is 19.5 Å².